The first-order valence-corrected chi connectivity index (χ1v) is 11.8. The molecule has 6 nitrogen and oxygen atoms in total. The van der Waals surface area contributed by atoms with E-state index in [4.69, 9.17) is 5.14 Å². The van der Waals surface area contributed by atoms with Gasteiger partial charge in [-0.2, -0.15) is 0 Å². The first kappa shape index (κ1) is 20.2. The number of hydrogen-bond acceptors (Lipinski definition) is 5. The van der Waals surface area contributed by atoms with Crippen molar-refractivity contribution in [2.45, 2.75) is 43.7 Å². The van der Waals surface area contributed by atoms with Gasteiger partial charge in [-0.25, -0.2) is 13.6 Å². The molecule has 1 fully saturated rings. The summed E-state index contributed by atoms with van der Waals surface area (Å²) in [7, 11) is -1.27. The Labute approximate surface area is 172 Å². The predicted molar refractivity (Wildman–Crippen MR) is 116 cm³/mol. The maximum atomic E-state index is 11.2. The van der Waals surface area contributed by atoms with E-state index in [2.05, 4.69) is 30.3 Å². The summed E-state index contributed by atoms with van der Waals surface area (Å²) in [5.74, 6) is 0.272. The first-order valence-electron chi connectivity index (χ1n) is 10.0. The van der Waals surface area contributed by atoms with Crippen LogP contribution in [0.15, 0.2) is 42.5 Å². The van der Waals surface area contributed by atoms with Crippen LogP contribution in [0.1, 0.15) is 30.0 Å². The second kappa shape index (κ2) is 7.31. The van der Waals surface area contributed by atoms with E-state index >= 15 is 0 Å². The van der Waals surface area contributed by atoms with E-state index in [1.54, 1.807) is 6.07 Å². The molecule has 1 aliphatic carbocycles. The topological polar surface area (TPSA) is 95.7 Å². The monoisotopic (exact) mass is 415 g/mol. The summed E-state index contributed by atoms with van der Waals surface area (Å²) < 4.78 is 22.4. The van der Waals surface area contributed by atoms with Gasteiger partial charge in [-0.1, -0.05) is 25.1 Å². The number of phenols is 1. The van der Waals surface area contributed by atoms with E-state index in [0.717, 1.165) is 30.6 Å². The average Bonchev–Trinajstić information content (AvgIpc) is 2.66. The van der Waals surface area contributed by atoms with Crippen LogP contribution in [0.3, 0.4) is 0 Å². The third kappa shape index (κ3) is 3.99. The largest absolute Gasteiger partial charge is 0.508 e. The van der Waals surface area contributed by atoms with Crippen LogP contribution in [0.5, 0.6) is 5.75 Å². The number of rotatable bonds is 5. The molecule has 2 bridgehead atoms. The Balaban J connectivity index is 1.59. The SMILES string of the molecule is CN1CCC2(C)c3cc(O)ccc3CC1C2Nc1ccc(CCS(N)(=O)=O)cc1. The Kier molecular flexibility index (Phi) is 5.09. The van der Waals surface area contributed by atoms with Crippen molar-refractivity contribution in [2.24, 2.45) is 5.14 Å². The van der Waals surface area contributed by atoms with Crippen molar-refractivity contribution in [3.63, 3.8) is 0 Å². The van der Waals surface area contributed by atoms with Crippen LogP contribution in [0, 0.1) is 0 Å². The highest BCUT2D eigenvalue weighted by Crippen LogP contribution is 2.46. The van der Waals surface area contributed by atoms with E-state index in [9.17, 15) is 13.5 Å². The lowest BCUT2D eigenvalue weighted by molar-refractivity contribution is 0.0958. The number of nitrogens with two attached hydrogens (primary N) is 1. The molecule has 1 saturated heterocycles. The number of nitrogens with zero attached hydrogens (tertiary/aromatic N) is 1. The molecule has 0 aromatic heterocycles. The highest BCUT2D eigenvalue weighted by Gasteiger charge is 2.50. The van der Waals surface area contributed by atoms with Gasteiger partial charge in [0.2, 0.25) is 10.0 Å². The number of sulfonamides is 1. The molecule has 4 N–H and O–H groups in total. The minimum atomic E-state index is -3.45. The van der Waals surface area contributed by atoms with Crippen molar-refractivity contribution in [3.8, 4) is 5.75 Å². The molecule has 7 heteroatoms. The number of anilines is 1. The number of primary sulfonamides is 1. The fourth-order valence-corrected chi connectivity index (χ4v) is 5.47. The number of aromatic hydroxyl groups is 1. The van der Waals surface area contributed by atoms with Crippen molar-refractivity contribution in [3.05, 3.63) is 59.2 Å². The third-order valence-electron chi connectivity index (χ3n) is 6.71. The van der Waals surface area contributed by atoms with Gasteiger partial charge < -0.3 is 15.3 Å². The molecule has 156 valence electrons. The van der Waals surface area contributed by atoms with E-state index < -0.39 is 10.0 Å². The molecular weight excluding hydrogens is 386 g/mol. The van der Waals surface area contributed by atoms with Crippen molar-refractivity contribution < 1.29 is 13.5 Å². The zero-order valence-corrected chi connectivity index (χ0v) is 17.7. The van der Waals surface area contributed by atoms with Gasteiger partial charge in [-0.15, -0.1) is 0 Å². The van der Waals surface area contributed by atoms with Gasteiger partial charge in [0.05, 0.1) is 11.8 Å². The van der Waals surface area contributed by atoms with Gasteiger partial charge in [0, 0.05) is 17.1 Å². The molecule has 1 heterocycles. The second-order valence-electron chi connectivity index (χ2n) is 8.70. The van der Waals surface area contributed by atoms with Crippen molar-refractivity contribution in [1.29, 1.82) is 0 Å². The van der Waals surface area contributed by atoms with Crippen LogP contribution >= 0.6 is 0 Å². The molecule has 2 aliphatic rings. The van der Waals surface area contributed by atoms with E-state index in [0.29, 0.717) is 18.2 Å². The molecule has 1 aliphatic heterocycles. The molecule has 29 heavy (non-hydrogen) atoms. The van der Waals surface area contributed by atoms with Crippen LogP contribution in [-0.4, -0.2) is 49.9 Å². The van der Waals surface area contributed by atoms with Crippen LogP contribution in [0.4, 0.5) is 5.69 Å². The number of nitrogens with one attached hydrogen (secondary N) is 1. The molecule has 3 unspecified atom stereocenters. The summed E-state index contributed by atoms with van der Waals surface area (Å²) in [4.78, 5) is 2.43. The van der Waals surface area contributed by atoms with Crippen LogP contribution in [0.25, 0.3) is 0 Å². The lowest BCUT2D eigenvalue weighted by Gasteiger charge is -2.55. The number of benzene rings is 2. The van der Waals surface area contributed by atoms with Crippen LogP contribution < -0.4 is 10.5 Å². The zero-order valence-electron chi connectivity index (χ0n) is 16.9. The predicted octanol–water partition coefficient (Wildman–Crippen LogP) is 2.22. The molecule has 0 spiro atoms. The molecule has 2 aromatic carbocycles. The van der Waals surface area contributed by atoms with Gasteiger partial charge in [0.25, 0.3) is 0 Å². The third-order valence-corrected chi connectivity index (χ3v) is 7.48. The molecule has 4 rings (SSSR count). The van der Waals surface area contributed by atoms with Crippen molar-refractivity contribution in [1.82, 2.24) is 4.90 Å². The Morgan fingerprint density at radius 3 is 2.66 bits per heavy atom. The number of piperidine rings is 1. The number of likely N-dealkylation sites (N-methyl/N-ethyl adjacent to an activating group) is 1. The molecule has 0 radical (unpaired) electrons. The number of phenolic OH excluding ortho intramolecular Hbond substituents is 1. The van der Waals surface area contributed by atoms with Gasteiger partial charge >= 0.3 is 0 Å². The normalized spacial score (nSPS) is 26.7. The van der Waals surface area contributed by atoms with E-state index in [1.807, 2.05) is 30.3 Å². The second-order valence-corrected chi connectivity index (χ2v) is 10.4. The maximum Gasteiger partial charge on any atom is 0.209 e. The summed E-state index contributed by atoms with van der Waals surface area (Å²) in [6.07, 6.45) is 2.38. The fourth-order valence-electron chi connectivity index (χ4n) is 4.95. The Bertz CT molecular complexity index is 1010. The van der Waals surface area contributed by atoms with Gasteiger partial charge in [-0.05, 0) is 73.8 Å². The van der Waals surface area contributed by atoms with E-state index in [1.165, 1.54) is 11.1 Å². The summed E-state index contributed by atoms with van der Waals surface area (Å²) in [5, 5.41) is 18.9. The van der Waals surface area contributed by atoms with Crippen LogP contribution in [0.2, 0.25) is 0 Å². The average molecular weight is 416 g/mol. The minimum Gasteiger partial charge on any atom is -0.508 e. The summed E-state index contributed by atoms with van der Waals surface area (Å²) in [6, 6.07) is 14.3. The van der Waals surface area contributed by atoms with E-state index in [-0.39, 0.29) is 17.2 Å². The van der Waals surface area contributed by atoms with Crippen LogP contribution in [-0.2, 0) is 28.3 Å². The number of aryl methyl sites for hydroxylation is 1. The zero-order chi connectivity index (χ0) is 20.8. The number of likely N-dealkylation sites (tertiary alicyclic amines) is 1. The Morgan fingerprint density at radius 2 is 1.97 bits per heavy atom. The van der Waals surface area contributed by atoms with Gasteiger partial charge in [-0.3, -0.25) is 0 Å². The smallest absolute Gasteiger partial charge is 0.209 e. The highest BCUT2D eigenvalue weighted by atomic mass is 32.2. The number of hydrogen-bond donors (Lipinski definition) is 3. The van der Waals surface area contributed by atoms with Crippen molar-refractivity contribution >= 4 is 15.7 Å². The minimum absolute atomic E-state index is 0.0480. The summed E-state index contributed by atoms with van der Waals surface area (Å²) >= 11 is 0. The fraction of sp³-hybridized carbons (Fsp3) is 0.455. The molecule has 0 saturated carbocycles. The first-order chi connectivity index (χ1) is 13.7. The molecular formula is C22H29N3O3S. The quantitative estimate of drug-likeness (QED) is 0.696. The maximum absolute atomic E-state index is 11.2. The van der Waals surface area contributed by atoms with Crippen molar-refractivity contribution in [2.75, 3.05) is 24.7 Å². The Morgan fingerprint density at radius 1 is 1.24 bits per heavy atom. The summed E-state index contributed by atoms with van der Waals surface area (Å²) in [5.41, 5.74) is 4.45. The standard InChI is InChI=1S/C22H29N3O3S/c1-22-10-11-25(2)20(13-16-5-8-18(26)14-19(16)22)21(22)24-17-6-3-15(4-7-17)9-12-29(23,27)28/h3-8,14,20-21,24,26H,9-13H2,1-2H3,(H2,23,27,28). The Hall–Kier alpha value is -2.09. The van der Waals surface area contributed by atoms with Gasteiger partial charge in [0.1, 0.15) is 5.75 Å². The molecule has 3 atom stereocenters. The molecule has 2 aromatic rings. The van der Waals surface area contributed by atoms with Gasteiger partial charge in [0.15, 0.2) is 0 Å². The lowest BCUT2D eigenvalue weighted by Crippen LogP contribution is -2.63. The lowest BCUT2D eigenvalue weighted by atomic mass is 9.61. The highest BCUT2D eigenvalue weighted by molar-refractivity contribution is 7.89. The molecule has 0 amide bonds. The summed E-state index contributed by atoms with van der Waals surface area (Å²) in [6.45, 7) is 3.32. The number of fused-ring (bicyclic) bond motifs is 4.